The van der Waals surface area contributed by atoms with Crippen molar-refractivity contribution in [2.24, 2.45) is 16.7 Å². The van der Waals surface area contributed by atoms with Gasteiger partial charge in [-0.15, -0.1) is 0 Å². The molecule has 2 saturated carbocycles. The number of epoxide rings is 3. The first-order chi connectivity index (χ1) is 18.6. The third-order valence-corrected chi connectivity index (χ3v) is 11.9. The maximum Gasteiger partial charge on any atom is 0.334 e. The molecule has 1 amide bonds. The fourth-order valence-corrected chi connectivity index (χ4v) is 9.52. The number of benzene rings is 1. The summed E-state index contributed by atoms with van der Waals surface area (Å²) < 4.78 is 32.8. The molecule has 2 spiro atoms. The van der Waals surface area contributed by atoms with Crippen molar-refractivity contribution in [2.45, 2.75) is 101 Å². The largest absolute Gasteiger partial charge is 0.458 e. The monoisotopic (exact) mass is 535 g/mol. The molecule has 1 aromatic carbocycles. The highest BCUT2D eigenvalue weighted by atomic mass is 16.8. The van der Waals surface area contributed by atoms with E-state index in [4.69, 9.17) is 23.7 Å². The lowest BCUT2D eigenvalue weighted by atomic mass is 9.41. The molecule has 5 fully saturated rings. The van der Waals surface area contributed by atoms with Gasteiger partial charge in [0, 0.05) is 23.5 Å². The predicted molar refractivity (Wildman–Crippen MR) is 138 cm³/mol. The Balaban J connectivity index is 1.14. The molecular formula is C31H37NO7. The highest BCUT2D eigenvalue weighted by Gasteiger charge is 3.01. The van der Waals surface area contributed by atoms with Crippen LogP contribution in [-0.2, 0) is 46.3 Å². The Kier molecular flexibility index (Phi) is 4.61. The summed E-state index contributed by atoms with van der Waals surface area (Å²) in [5, 5.41) is 2.67. The average Bonchev–Trinajstić information content (AvgIpc) is 3.82. The van der Waals surface area contributed by atoms with E-state index in [0.717, 1.165) is 35.1 Å². The van der Waals surface area contributed by atoms with Gasteiger partial charge in [0.1, 0.15) is 36.1 Å². The number of fused-ring (bicyclic) bond motifs is 4. The number of likely N-dealkylation sites (N-methyl/N-ethyl adjacent to an activating group) is 1. The third-order valence-electron chi connectivity index (χ3n) is 11.9. The number of rotatable bonds is 6. The van der Waals surface area contributed by atoms with Crippen molar-refractivity contribution in [1.82, 2.24) is 5.32 Å². The number of nitrogens with one attached hydrogen (secondary N) is 1. The summed E-state index contributed by atoms with van der Waals surface area (Å²) in [6.45, 7) is 9.89. The van der Waals surface area contributed by atoms with Crippen LogP contribution in [0.4, 0.5) is 0 Å². The third kappa shape index (κ3) is 2.61. The highest BCUT2D eigenvalue weighted by Crippen LogP contribution is 2.85. The van der Waals surface area contributed by atoms with Gasteiger partial charge in [-0.1, -0.05) is 52.0 Å². The van der Waals surface area contributed by atoms with Gasteiger partial charge in [-0.05, 0) is 41.9 Å². The molecule has 8 rings (SSSR count). The van der Waals surface area contributed by atoms with Gasteiger partial charge in [-0.2, -0.15) is 0 Å². The van der Waals surface area contributed by atoms with Crippen LogP contribution in [0.25, 0.3) is 0 Å². The molecule has 9 atom stereocenters. The summed E-state index contributed by atoms with van der Waals surface area (Å²) in [5.41, 5.74) is 2.06. The van der Waals surface area contributed by atoms with Crippen molar-refractivity contribution >= 4 is 11.9 Å². The van der Waals surface area contributed by atoms with Crippen LogP contribution in [0.2, 0.25) is 0 Å². The van der Waals surface area contributed by atoms with Crippen LogP contribution in [0.15, 0.2) is 35.4 Å². The minimum atomic E-state index is -0.566. The van der Waals surface area contributed by atoms with Crippen molar-refractivity contribution in [2.75, 3.05) is 13.7 Å². The first kappa shape index (κ1) is 24.5. The van der Waals surface area contributed by atoms with Gasteiger partial charge in [0.2, 0.25) is 5.91 Å². The van der Waals surface area contributed by atoms with Crippen LogP contribution >= 0.6 is 0 Å². The molecule has 4 aliphatic heterocycles. The molecule has 3 saturated heterocycles. The molecule has 3 aliphatic carbocycles. The van der Waals surface area contributed by atoms with Crippen LogP contribution in [0.3, 0.4) is 0 Å². The van der Waals surface area contributed by atoms with Crippen LogP contribution in [-0.4, -0.2) is 66.8 Å². The molecule has 0 bridgehead atoms. The Bertz CT molecular complexity index is 1340. The molecular weight excluding hydrogens is 498 g/mol. The molecule has 0 radical (unpaired) electrons. The smallest absolute Gasteiger partial charge is 0.334 e. The van der Waals surface area contributed by atoms with Gasteiger partial charge < -0.3 is 29.0 Å². The Morgan fingerprint density at radius 3 is 2.56 bits per heavy atom. The summed E-state index contributed by atoms with van der Waals surface area (Å²) in [7, 11) is 1.65. The number of hydrogen-bond acceptors (Lipinski definition) is 7. The van der Waals surface area contributed by atoms with Gasteiger partial charge in [0.25, 0.3) is 0 Å². The Hall–Kier alpha value is -2.26. The number of carbonyl (C=O) groups is 2. The predicted octanol–water partition coefficient (Wildman–Crippen LogP) is 3.01. The topological polar surface area (TPSA) is 102 Å². The zero-order valence-electron chi connectivity index (χ0n) is 23.3. The van der Waals surface area contributed by atoms with Gasteiger partial charge in [-0.3, -0.25) is 4.79 Å². The fraction of sp³-hybridized carbons (Fsp3) is 0.677. The van der Waals surface area contributed by atoms with Crippen LogP contribution < -0.4 is 5.32 Å². The van der Waals surface area contributed by atoms with Crippen LogP contribution in [0.1, 0.15) is 58.1 Å². The van der Waals surface area contributed by atoms with E-state index in [2.05, 4.69) is 33.0 Å². The van der Waals surface area contributed by atoms with Crippen molar-refractivity contribution < 1.29 is 33.3 Å². The fourth-order valence-electron chi connectivity index (χ4n) is 9.52. The number of amides is 1. The van der Waals surface area contributed by atoms with Gasteiger partial charge in [0.05, 0.1) is 19.1 Å². The first-order valence-corrected chi connectivity index (χ1v) is 14.4. The van der Waals surface area contributed by atoms with Crippen molar-refractivity contribution in [3.8, 4) is 0 Å². The Morgan fingerprint density at radius 1 is 1.10 bits per heavy atom. The number of esters is 1. The van der Waals surface area contributed by atoms with E-state index in [9.17, 15) is 9.59 Å². The van der Waals surface area contributed by atoms with E-state index in [0.29, 0.717) is 26.1 Å². The van der Waals surface area contributed by atoms with E-state index in [1.807, 2.05) is 24.3 Å². The van der Waals surface area contributed by atoms with Crippen LogP contribution in [0.5, 0.6) is 0 Å². The van der Waals surface area contributed by atoms with E-state index in [-0.39, 0.29) is 53.0 Å². The van der Waals surface area contributed by atoms with Crippen molar-refractivity contribution in [3.63, 3.8) is 0 Å². The minimum absolute atomic E-state index is 0.00534. The SMILES string of the molecule is CNC(=O)Cc1ccc(CO[C@@H]2[C@@]3(C(C)C)O[C@H]3[C@@H]3O[C@]34[C@]23O[C@H]3C[C@@]2(C)C3=C(CC[C@]42C)C(=O)OC3)cc1. The molecule has 8 heteroatoms. The van der Waals surface area contributed by atoms with Crippen LogP contribution in [0, 0.1) is 16.7 Å². The second kappa shape index (κ2) is 7.32. The van der Waals surface area contributed by atoms with Crippen molar-refractivity contribution in [3.05, 3.63) is 46.5 Å². The maximum atomic E-state index is 12.5. The summed E-state index contributed by atoms with van der Waals surface area (Å²) in [4.78, 5) is 24.3. The average molecular weight is 536 g/mol. The number of hydrogen-bond donors (Lipinski definition) is 1. The minimum Gasteiger partial charge on any atom is -0.458 e. The summed E-state index contributed by atoms with van der Waals surface area (Å²) in [5.74, 6) is 0.0869. The summed E-state index contributed by atoms with van der Waals surface area (Å²) in [6, 6.07) is 8.06. The zero-order valence-corrected chi connectivity index (χ0v) is 23.3. The number of ether oxygens (including phenoxy) is 5. The molecule has 4 heterocycles. The van der Waals surface area contributed by atoms with Gasteiger partial charge in [0.15, 0.2) is 5.60 Å². The Labute approximate surface area is 228 Å². The molecule has 208 valence electrons. The van der Waals surface area contributed by atoms with Gasteiger partial charge in [-0.25, -0.2) is 4.79 Å². The second-order valence-electron chi connectivity index (χ2n) is 13.5. The zero-order chi connectivity index (χ0) is 27.2. The lowest BCUT2D eigenvalue weighted by Crippen LogP contribution is -2.71. The standard InChI is InChI=1S/C31H37NO7/c1-16(2)29-23(38-29)24-31(39-24)28(4)11-10-19-20(15-35-25(19)34)27(28,3)13-21-30(31,37-21)26(29)36-14-18-8-6-17(7-9-18)12-22(33)32-5/h6-9,16,21,23-24,26H,10-15H2,1-5H3,(H,32,33)/t21-,23-,24-,26+,27-,28-,29-,30+,31+/m0/s1. The van der Waals surface area contributed by atoms with Gasteiger partial charge >= 0.3 is 5.97 Å². The number of carbonyl (C=O) groups excluding carboxylic acids is 2. The lowest BCUT2D eigenvalue weighted by molar-refractivity contribution is -0.146. The normalized spacial score (nSPS) is 47.7. The Morgan fingerprint density at radius 2 is 1.85 bits per heavy atom. The maximum absolute atomic E-state index is 12.5. The first-order valence-electron chi connectivity index (χ1n) is 14.4. The molecule has 7 aliphatic rings. The summed E-state index contributed by atoms with van der Waals surface area (Å²) >= 11 is 0. The quantitative estimate of drug-likeness (QED) is 0.441. The van der Waals surface area contributed by atoms with E-state index in [1.54, 1.807) is 7.05 Å². The highest BCUT2D eigenvalue weighted by molar-refractivity contribution is 5.92. The molecule has 0 aromatic heterocycles. The molecule has 0 unspecified atom stereocenters. The second-order valence-corrected chi connectivity index (χ2v) is 13.5. The van der Waals surface area contributed by atoms with E-state index in [1.165, 1.54) is 0 Å². The molecule has 39 heavy (non-hydrogen) atoms. The molecule has 8 nitrogen and oxygen atoms in total. The molecule has 1 aromatic rings. The lowest BCUT2D eigenvalue weighted by Gasteiger charge is -2.59. The van der Waals surface area contributed by atoms with Crippen molar-refractivity contribution in [1.29, 1.82) is 0 Å². The number of cyclic esters (lactones) is 1. The molecule has 1 N–H and O–H groups in total. The van der Waals surface area contributed by atoms with E-state index >= 15 is 0 Å². The summed E-state index contributed by atoms with van der Waals surface area (Å²) in [6.07, 6.45) is 2.41. The van der Waals surface area contributed by atoms with E-state index < -0.39 is 16.8 Å².